The molecule has 0 saturated heterocycles. The number of hydrogen-bond donors (Lipinski definition) is 2. The van der Waals surface area contributed by atoms with E-state index >= 15 is 0 Å². The highest BCUT2D eigenvalue weighted by Gasteiger charge is 2.07. The Morgan fingerprint density at radius 3 is 2.88 bits per heavy atom. The van der Waals surface area contributed by atoms with Gasteiger partial charge in [-0.15, -0.1) is 0 Å². The van der Waals surface area contributed by atoms with Crippen LogP contribution in [-0.4, -0.2) is 23.7 Å². The highest BCUT2D eigenvalue weighted by molar-refractivity contribution is 6.00. The van der Waals surface area contributed by atoms with Crippen molar-refractivity contribution >= 4 is 23.0 Å². The van der Waals surface area contributed by atoms with Crippen LogP contribution in [0.15, 0.2) is 53.6 Å². The van der Waals surface area contributed by atoms with Crippen molar-refractivity contribution in [2.45, 2.75) is 6.92 Å². The number of H-pyrrole nitrogens is 1. The molecule has 2 N–H and O–H groups in total. The van der Waals surface area contributed by atoms with Crippen molar-refractivity contribution in [1.29, 1.82) is 5.26 Å². The maximum atomic E-state index is 11.9. The number of aromatic nitrogens is 1. The van der Waals surface area contributed by atoms with Crippen LogP contribution < -0.4 is 10.2 Å². The summed E-state index contributed by atoms with van der Waals surface area (Å²) in [7, 11) is 0. The summed E-state index contributed by atoms with van der Waals surface area (Å²) in [5.41, 5.74) is 5.72. The SMILES string of the molecule is Cc1[nH]c2ccccc2c1/C=N/NC(=O)COc1ccccc1C#N. The number of carbonyl (C=O) groups is 1. The number of nitrogens with zero attached hydrogens (tertiary/aromatic N) is 2. The van der Waals surface area contributed by atoms with E-state index < -0.39 is 5.91 Å². The zero-order valence-electron chi connectivity index (χ0n) is 13.6. The van der Waals surface area contributed by atoms with E-state index in [0.717, 1.165) is 22.2 Å². The van der Waals surface area contributed by atoms with E-state index in [9.17, 15) is 4.79 Å². The first-order chi connectivity index (χ1) is 12.2. The number of rotatable bonds is 5. The van der Waals surface area contributed by atoms with Gasteiger partial charge in [0, 0.05) is 22.2 Å². The van der Waals surface area contributed by atoms with Crippen molar-refractivity contribution in [3.05, 3.63) is 65.4 Å². The van der Waals surface area contributed by atoms with Crippen LogP contribution in [0.5, 0.6) is 5.75 Å². The molecular weight excluding hydrogens is 316 g/mol. The van der Waals surface area contributed by atoms with Crippen molar-refractivity contribution < 1.29 is 9.53 Å². The second kappa shape index (κ2) is 7.32. The normalized spacial score (nSPS) is 10.7. The molecule has 0 fully saturated rings. The Bertz CT molecular complexity index is 982. The van der Waals surface area contributed by atoms with Gasteiger partial charge in [0.2, 0.25) is 0 Å². The lowest BCUT2D eigenvalue weighted by molar-refractivity contribution is -0.123. The third-order valence-electron chi connectivity index (χ3n) is 3.69. The molecule has 0 radical (unpaired) electrons. The molecule has 1 heterocycles. The van der Waals surface area contributed by atoms with Gasteiger partial charge in [-0.1, -0.05) is 30.3 Å². The summed E-state index contributed by atoms with van der Waals surface area (Å²) in [6.45, 7) is 1.73. The van der Waals surface area contributed by atoms with Crippen molar-refractivity contribution in [2.24, 2.45) is 5.10 Å². The second-order valence-electron chi connectivity index (χ2n) is 5.40. The lowest BCUT2D eigenvalue weighted by Gasteiger charge is -2.06. The third kappa shape index (κ3) is 3.67. The number of nitriles is 1. The number of hydrazone groups is 1. The monoisotopic (exact) mass is 332 g/mol. The van der Waals surface area contributed by atoms with E-state index in [0.29, 0.717) is 11.3 Å². The smallest absolute Gasteiger partial charge is 0.277 e. The topological polar surface area (TPSA) is 90.3 Å². The summed E-state index contributed by atoms with van der Waals surface area (Å²) in [5.74, 6) is -0.0295. The number of nitrogens with one attached hydrogen (secondary N) is 2. The Balaban J connectivity index is 1.61. The first kappa shape index (κ1) is 16.3. The van der Waals surface area contributed by atoms with E-state index in [1.165, 1.54) is 0 Å². The van der Waals surface area contributed by atoms with Crippen molar-refractivity contribution in [3.63, 3.8) is 0 Å². The number of para-hydroxylation sites is 2. The quantitative estimate of drug-likeness (QED) is 0.556. The van der Waals surface area contributed by atoms with Gasteiger partial charge in [0.1, 0.15) is 11.8 Å². The summed E-state index contributed by atoms with van der Waals surface area (Å²) in [6, 6.07) is 16.6. The van der Waals surface area contributed by atoms with Gasteiger partial charge in [-0.05, 0) is 25.1 Å². The maximum absolute atomic E-state index is 11.9. The molecule has 0 aliphatic carbocycles. The van der Waals surface area contributed by atoms with Crippen LogP contribution in [-0.2, 0) is 4.79 Å². The average Bonchev–Trinajstić information content (AvgIpc) is 2.96. The van der Waals surface area contributed by atoms with Crippen molar-refractivity contribution in [1.82, 2.24) is 10.4 Å². The molecular formula is C19H16N4O2. The molecule has 6 nitrogen and oxygen atoms in total. The molecule has 3 rings (SSSR count). The molecule has 1 aromatic heterocycles. The molecule has 0 unspecified atom stereocenters. The standard InChI is InChI=1S/C19H16N4O2/c1-13-16(15-7-3-4-8-17(15)22-13)11-21-23-19(24)12-25-18-9-5-2-6-14(18)10-20/h2-9,11,22H,12H2,1H3,(H,23,24)/b21-11+. The van der Waals surface area contributed by atoms with E-state index in [4.69, 9.17) is 10.00 Å². The lowest BCUT2D eigenvalue weighted by Crippen LogP contribution is -2.24. The predicted octanol–water partition coefficient (Wildman–Crippen LogP) is 2.88. The number of benzene rings is 2. The van der Waals surface area contributed by atoms with Gasteiger partial charge in [-0.25, -0.2) is 5.43 Å². The van der Waals surface area contributed by atoms with Gasteiger partial charge in [0.15, 0.2) is 6.61 Å². The number of carbonyl (C=O) groups excluding carboxylic acids is 1. The zero-order valence-corrected chi connectivity index (χ0v) is 13.6. The van der Waals surface area contributed by atoms with Crippen LogP contribution >= 0.6 is 0 Å². The van der Waals surface area contributed by atoms with E-state index in [1.54, 1.807) is 30.5 Å². The van der Waals surface area contributed by atoms with E-state index in [-0.39, 0.29) is 6.61 Å². The third-order valence-corrected chi connectivity index (χ3v) is 3.69. The maximum Gasteiger partial charge on any atom is 0.277 e. The molecule has 124 valence electrons. The van der Waals surface area contributed by atoms with Gasteiger partial charge in [-0.3, -0.25) is 4.79 Å². The Hall–Kier alpha value is -3.59. The fourth-order valence-electron chi connectivity index (χ4n) is 2.49. The second-order valence-corrected chi connectivity index (χ2v) is 5.40. The first-order valence-electron chi connectivity index (χ1n) is 7.70. The van der Waals surface area contributed by atoms with Crippen LogP contribution in [0.4, 0.5) is 0 Å². The summed E-state index contributed by atoms with van der Waals surface area (Å²) in [6.07, 6.45) is 1.61. The molecule has 2 aromatic carbocycles. The summed E-state index contributed by atoms with van der Waals surface area (Å²) < 4.78 is 5.36. The Kier molecular flexibility index (Phi) is 4.77. The van der Waals surface area contributed by atoms with Gasteiger partial charge in [-0.2, -0.15) is 10.4 Å². The Morgan fingerprint density at radius 2 is 2.04 bits per heavy atom. The van der Waals surface area contributed by atoms with Gasteiger partial charge in [0.05, 0.1) is 11.8 Å². The molecule has 6 heteroatoms. The highest BCUT2D eigenvalue weighted by atomic mass is 16.5. The number of aromatic amines is 1. The lowest BCUT2D eigenvalue weighted by atomic mass is 10.1. The van der Waals surface area contributed by atoms with E-state index in [2.05, 4.69) is 15.5 Å². The molecule has 0 atom stereocenters. The van der Waals surface area contributed by atoms with Gasteiger partial charge >= 0.3 is 0 Å². The number of amides is 1. The minimum Gasteiger partial charge on any atom is -0.482 e. The first-order valence-corrected chi connectivity index (χ1v) is 7.70. The summed E-state index contributed by atoms with van der Waals surface area (Å²) >= 11 is 0. The minimum atomic E-state index is -0.401. The molecule has 0 aliphatic heterocycles. The molecule has 0 bridgehead atoms. The van der Waals surface area contributed by atoms with Crippen LogP contribution in [0, 0.1) is 18.3 Å². The Labute approximate surface area is 144 Å². The van der Waals surface area contributed by atoms with Gasteiger partial charge in [0.25, 0.3) is 5.91 Å². The fourth-order valence-corrected chi connectivity index (χ4v) is 2.49. The summed E-state index contributed by atoms with van der Waals surface area (Å²) in [4.78, 5) is 15.1. The Morgan fingerprint density at radius 1 is 1.28 bits per heavy atom. The number of aryl methyl sites for hydroxylation is 1. The zero-order chi connectivity index (χ0) is 17.6. The van der Waals surface area contributed by atoms with Crippen molar-refractivity contribution in [2.75, 3.05) is 6.61 Å². The fraction of sp³-hybridized carbons (Fsp3) is 0.105. The number of fused-ring (bicyclic) bond motifs is 1. The molecule has 0 spiro atoms. The van der Waals surface area contributed by atoms with Crippen LogP contribution in [0.1, 0.15) is 16.8 Å². The minimum absolute atomic E-state index is 0.219. The number of hydrogen-bond acceptors (Lipinski definition) is 4. The highest BCUT2D eigenvalue weighted by Crippen LogP contribution is 2.19. The van der Waals surface area contributed by atoms with Gasteiger partial charge < -0.3 is 9.72 Å². The van der Waals surface area contributed by atoms with Crippen molar-refractivity contribution in [3.8, 4) is 11.8 Å². The summed E-state index contributed by atoms with van der Waals surface area (Å²) in [5, 5.41) is 14.0. The molecule has 0 aliphatic rings. The molecule has 0 saturated carbocycles. The largest absolute Gasteiger partial charge is 0.482 e. The average molecular weight is 332 g/mol. The van der Waals surface area contributed by atoms with Crippen LogP contribution in [0.3, 0.4) is 0 Å². The molecule has 1 amide bonds. The van der Waals surface area contributed by atoms with E-state index in [1.807, 2.05) is 37.3 Å². The van der Waals surface area contributed by atoms with Crippen LogP contribution in [0.2, 0.25) is 0 Å². The van der Waals surface area contributed by atoms with Crippen LogP contribution in [0.25, 0.3) is 10.9 Å². The molecule has 25 heavy (non-hydrogen) atoms. The number of ether oxygens (including phenoxy) is 1. The predicted molar refractivity (Wildman–Crippen MR) is 95.4 cm³/mol. The molecule has 3 aromatic rings.